The lowest BCUT2D eigenvalue weighted by molar-refractivity contribution is -0.137. The van der Waals surface area contributed by atoms with Crippen LogP contribution in [0.5, 0.6) is 0 Å². The van der Waals surface area contributed by atoms with E-state index in [9.17, 15) is 13.2 Å². The van der Waals surface area contributed by atoms with E-state index in [1.54, 1.807) is 6.92 Å². The van der Waals surface area contributed by atoms with E-state index in [0.717, 1.165) is 4.31 Å². The van der Waals surface area contributed by atoms with Crippen LogP contribution in [0, 0.1) is 0 Å². The molecule has 1 aromatic rings. The maximum Gasteiger partial charge on any atom is 0.318 e. The van der Waals surface area contributed by atoms with Gasteiger partial charge in [-0.05, 0) is 12.1 Å². The average Bonchev–Trinajstić information content (AvgIpc) is 2.26. The molecule has 0 spiro atoms. The first kappa shape index (κ1) is 12.6. The Hall–Kier alpha value is -1.47. The van der Waals surface area contributed by atoms with Gasteiger partial charge in [-0.15, -0.1) is 0 Å². The minimum atomic E-state index is -3.76. The van der Waals surface area contributed by atoms with Gasteiger partial charge in [-0.1, -0.05) is 6.92 Å². The van der Waals surface area contributed by atoms with Crippen molar-refractivity contribution in [3.63, 3.8) is 0 Å². The van der Waals surface area contributed by atoms with E-state index in [2.05, 4.69) is 4.98 Å². The van der Waals surface area contributed by atoms with E-state index in [0.29, 0.717) is 0 Å². The number of sulfonamides is 1. The minimum Gasteiger partial charge on any atom is -0.480 e. The number of hydrogen-bond donors (Lipinski definition) is 1. The van der Waals surface area contributed by atoms with Gasteiger partial charge in [0.2, 0.25) is 10.0 Å². The van der Waals surface area contributed by atoms with Crippen molar-refractivity contribution in [3.8, 4) is 0 Å². The number of carboxylic acids is 1. The molecule has 88 valence electrons. The van der Waals surface area contributed by atoms with Crippen molar-refractivity contribution >= 4 is 16.0 Å². The van der Waals surface area contributed by atoms with E-state index in [-0.39, 0.29) is 11.4 Å². The second-order valence-corrected chi connectivity index (χ2v) is 4.95. The molecule has 7 heteroatoms. The molecular weight excluding hydrogens is 232 g/mol. The van der Waals surface area contributed by atoms with E-state index >= 15 is 0 Å². The van der Waals surface area contributed by atoms with Crippen molar-refractivity contribution in [2.75, 3.05) is 13.1 Å². The van der Waals surface area contributed by atoms with Gasteiger partial charge >= 0.3 is 5.97 Å². The van der Waals surface area contributed by atoms with Crippen molar-refractivity contribution in [3.05, 3.63) is 24.5 Å². The lowest BCUT2D eigenvalue weighted by Crippen LogP contribution is -2.35. The van der Waals surface area contributed by atoms with Crippen LogP contribution >= 0.6 is 0 Å². The number of nitrogens with zero attached hydrogens (tertiary/aromatic N) is 2. The first-order chi connectivity index (χ1) is 7.48. The molecule has 0 bridgehead atoms. The Bertz CT molecular complexity index is 458. The number of carbonyl (C=O) groups is 1. The predicted octanol–water partition coefficient (Wildman–Crippen LogP) is 0.177. The fourth-order valence-corrected chi connectivity index (χ4v) is 2.53. The van der Waals surface area contributed by atoms with Gasteiger partial charge in [0.25, 0.3) is 0 Å². The second kappa shape index (κ2) is 5.04. The molecule has 0 saturated carbocycles. The number of likely N-dealkylation sites (N-methyl/N-ethyl adjacent to an activating group) is 1. The maximum atomic E-state index is 11.9. The zero-order chi connectivity index (χ0) is 12.2. The van der Waals surface area contributed by atoms with E-state index < -0.39 is 22.5 Å². The predicted molar refractivity (Wildman–Crippen MR) is 56.3 cm³/mol. The van der Waals surface area contributed by atoms with Gasteiger partial charge in [0, 0.05) is 18.9 Å². The molecule has 0 unspecified atom stereocenters. The van der Waals surface area contributed by atoms with Gasteiger partial charge in [0.15, 0.2) is 0 Å². The van der Waals surface area contributed by atoms with Crippen molar-refractivity contribution in [1.82, 2.24) is 9.29 Å². The number of aliphatic carboxylic acids is 1. The molecule has 0 fully saturated rings. The van der Waals surface area contributed by atoms with E-state index in [1.165, 1.54) is 24.5 Å². The summed E-state index contributed by atoms with van der Waals surface area (Å²) in [5.41, 5.74) is 0. The van der Waals surface area contributed by atoms with Crippen molar-refractivity contribution < 1.29 is 18.3 Å². The Balaban J connectivity index is 3.05. The van der Waals surface area contributed by atoms with Gasteiger partial charge in [-0.2, -0.15) is 4.31 Å². The molecule has 0 radical (unpaired) electrons. The highest BCUT2D eigenvalue weighted by Crippen LogP contribution is 2.13. The van der Waals surface area contributed by atoms with E-state index in [1.807, 2.05) is 0 Å². The third kappa shape index (κ3) is 2.77. The molecule has 1 N–H and O–H groups in total. The van der Waals surface area contributed by atoms with Crippen molar-refractivity contribution in [1.29, 1.82) is 0 Å². The largest absolute Gasteiger partial charge is 0.480 e. The molecule has 0 aliphatic rings. The van der Waals surface area contributed by atoms with Crippen LogP contribution in [0.1, 0.15) is 6.92 Å². The third-order valence-electron chi connectivity index (χ3n) is 1.94. The molecule has 0 aromatic carbocycles. The summed E-state index contributed by atoms with van der Waals surface area (Å²) >= 11 is 0. The Morgan fingerprint density at radius 1 is 1.56 bits per heavy atom. The fourth-order valence-electron chi connectivity index (χ4n) is 1.17. The summed E-state index contributed by atoms with van der Waals surface area (Å²) in [5, 5.41) is 8.60. The van der Waals surface area contributed by atoms with Crippen LogP contribution < -0.4 is 0 Å². The highest BCUT2D eigenvalue weighted by Gasteiger charge is 2.24. The maximum absolute atomic E-state index is 11.9. The zero-order valence-electron chi connectivity index (χ0n) is 8.70. The smallest absolute Gasteiger partial charge is 0.318 e. The number of rotatable bonds is 5. The number of aromatic nitrogens is 1. The topological polar surface area (TPSA) is 87.6 Å². The summed E-state index contributed by atoms with van der Waals surface area (Å²) in [6, 6.07) is 2.87. The van der Waals surface area contributed by atoms with E-state index in [4.69, 9.17) is 5.11 Å². The van der Waals surface area contributed by atoms with Crippen LogP contribution in [-0.4, -0.2) is 41.9 Å². The van der Waals surface area contributed by atoms with Crippen LogP contribution in [0.3, 0.4) is 0 Å². The number of pyridine rings is 1. The Morgan fingerprint density at radius 2 is 2.25 bits per heavy atom. The standard InChI is InChI=1S/C9H12N2O4S/c1-2-11(7-9(12)13)16(14,15)8-4-3-5-10-6-8/h3-6H,2,7H2,1H3,(H,12,13). The normalized spacial score (nSPS) is 11.6. The van der Waals surface area contributed by atoms with Crippen molar-refractivity contribution in [2.45, 2.75) is 11.8 Å². The highest BCUT2D eigenvalue weighted by atomic mass is 32.2. The molecule has 0 saturated heterocycles. The van der Waals surface area contributed by atoms with Crippen LogP contribution in [0.15, 0.2) is 29.4 Å². The molecule has 0 amide bonds. The third-order valence-corrected chi connectivity index (χ3v) is 3.84. The second-order valence-electron chi connectivity index (χ2n) is 3.01. The Labute approximate surface area is 93.6 Å². The van der Waals surface area contributed by atoms with Gasteiger partial charge in [-0.25, -0.2) is 8.42 Å². The lowest BCUT2D eigenvalue weighted by Gasteiger charge is -2.17. The molecule has 1 rings (SSSR count). The average molecular weight is 244 g/mol. The molecule has 0 aliphatic carbocycles. The van der Waals surface area contributed by atoms with Crippen molar-refractivity contribution in [2.24, 2.45) is 0 Å². The number of hydrogen-bond acceptors (Lipinski definition) is 4. The first-order valence-electron chi connectivity index (χ1n) is 4.60. The minimum absolute atomic E-state index is 0.00176. The lowest BCUT2D eigenvalue weighted by atomic mass is 10.5. The van der Waals surface area contributed by atoms with Crippen LogP contribution in [0.2, 0.25) is 0 Å². The molecule has 1 heterocycles. The molecule has 1 aromatic heterocycles. The molecule has 0 atom stereocenters. The van der Waals surface area contributed by atoms with Gasteiger partial charge in [-0.3, -0.25) is 9.78 Å². The quantitative estimate of drug-likeness (QED) is 0.798. The molecule has 16 heavy (non-hydrogen) atoms. The van der Waals surface area contributed by atoms with Gasteiger partial charge < -0.3 is 5.11 Å². The first-order valence-corrected chi connectivity index (χ1v) is 6.04. The van der Waals surface area contributed by atoms with Crippen LogP contribution in [0.4, 0.5) is 0 Å². The fraction of sp³-hybridized carbons (Fsp3) is 0.333. The Morgan fingerprint density at radius 3 is 2.69 bits per heavy atom. The molecule has 0 aliphatic heterocycles. The number of carboxylic acid groups (broad SMARTS) is 1. The highest BCUT2D eigenvalue weighted by molar-refractivity contribution is 7.89. The summed E-state index contributed by atoms with van der Waals surface area (Å²) in [5.74, 6) is -1.19. The summed E-state index contributed by atoms with van der Waals surface area (Å²) < 4.78 is 24.7. The zero-order valence-corrected chi connectivity index (χ0v) is 9.51. The molecular formula is C9H12N2O4S. The summed E-state index contributed by atoms with van der Waals surface area (Å²) in [4.78, 5) is 14.2. The Kier molecular flexibility index (Phi) is 3.97. The SMILES string of the molecule is CCN(CC(=O)O)S(=O)(=O)c1cccnc1. The van der Waals surface area contributed by atoms with Crippen LogP contribution in [-0.2, 0) is 14.8 Å². The monoisotopic (exact) mass is 244 g/mol. The summed E-state index contributed by atoms with van der Waals surface area (Å²) in [6.45, 7) is 1.13. The van der Waals surface area contributed by atoms with Crippen LogP contribution in [0.25, 0.3) is 0 Å². The molecule has 6 nitrogen and oxygen atoms in total. The summed E-state index contributed by atoms with van der Waals surface area (Å²) in [7, 11) is -3.76. The van der Waals surface area contributed by atoms with Gasteiger partial charge in [0.05, 0.1) is 0 Å². The van der Waals surface area contributed by atoms with Gasteiger partial charge in [0.1, 0.15) is 11.4 Å². The summed E-state index contributed by atoms with van der Waals surface area (Å²) in [6.07, 6.45) is 2.65.